The average Bonchev–Trinajstić information content (AvgIpc) is 2.14. The lowest BCUT2D eigenvalue weighted by Gasteiger charge is -2.09. The molecule has 0 fully saturated rings. The van der Waals surface area contributed by atoms with E-state index >= 15 is 0 Å². The monoisotopic (exact) mass is 217 g/mol. The van der Waals surface area contributed by atoms with Crippen molar-refractivity contribution in [3.8, 4) is 0 Å². The van der Waals surface area contributed by atoms with Crippen LogP contribution in [-0.4, -0.2) is 28.0 Å². The van der Waals surface area contributed by atoms with Crippen molar-refractivity contribution in [2.75, 3.05) is 18.1 Å². The quantitative estimate of drug-likeness (QED) is 0.840. The van der Waals surface area contributed by atoms with Gasteiger partial charge >= 0.3 is 0 Å². The van der Waals surface area contributed by atoms with E-state index in [9.17, 15) is 0 Å². The molecule has 1 aromatic rings. The number of aromatic nitrogens is 2. The first-order valence-corrected chi connectivity index (χ1v) is 5.63. The summed E-state index contributed by atoms with van der Waals surface area (Å²) < 4.78 is 0. The van der Waals surface area contributed by atoms with Crippen molar-refractivity contribution in [2.24, 2.45) is 0 Å². The summed E-state index contributed by atoms with van der Waals surface area (Å²) in [6, 6.07) is 0. The Kier molecular flexibility index (Phi) is 4.32. The molecule has 1 atom stereocenters. The van der Waals surface area contributed by atoms with Crippen LogP contribution in [0.1, 0.15) is 6.92 Å². The Morgan fingerprint density at radius 1 is 1.62 bits per heavy atom. The highest BCUT2D eigenvalue weighted by Crippen LogP contribution is 2.09. The normalized spacial score (nSPS) is 12.5. The highest BCUT2D eigenvalue weighted by atomic mass is 35.5. The number of nitrogens with one attached hydrogen (secondary N) is 1. The van der Waals surface area contributed by atoms with Gasteiger partial charge in [0.25, 0.3) is 0 Å². The molecule has 13 heavy (non-hydrogen) atoms. The maximum Gasteiger partial charge on any atom is 0.149 e. The third-order valence-electron chi connectivity index (χ3n) is 1.58. The van der Waals surface area contributed by atoms with Gasteiger partial charge < -0.3 is 5.32 Å². The van der Waals surface area contributed by atoms with Crippen LogP contribution in [0, 0.1) is 0 Å². The molecule has 0 aromatic carbocycles. The van der Waals surface area contributed by atoms with Crippen molar-refractivity contribution in [1.82, 2.24) is 9.97 Å². The third kappa shape index (κ3) is 3.83. The first kappa shape index (κ1) is 10.6. The molecule has 0 radical (unpaired) electrons. The van der Waals surface area contributed by atoms with E-state index in [2.05, 4.69) is 28.5 Å². The van der Waals surface area contributed by atoms with Gasteiger partial charge in [0.05, 0.1) is 12.4 Å². The van der Waals surface area contributed by atoms with Crippen molar-refractivity contribution < 1.29 is 0 Å². The molecule has 0 saturated heterocycles. The minimum absolute atomic E-state index is 0.418. The number of halogens is 1. The van der Waals surface area contributed by atoms with E-state index in [0.717, 1.165) is 12.4 Å². The standard InChI is InChI=1S/C8H12ClN3S/c1-6(13-2)3-11-8-5-10-4-7(9)12-8/h4-6H,3H2,1-2H3,(H,11,12). The molecular weight excluding hydrogens is 206 g/mol. The second kappa shape index (κ2) is 5.29. The van der Waals surface area contributed by atoms with Crippen LogP contribution in [0.2, 0.25) is 5.15 Å². The van der Waals surface area contributed by atoms with E-state index in [1.165, 1.54) is 6.20 Å². The largest absolute Gasteiger partial charge is 0.368 e. The highest BCUT2D eigenvalue weighted by molar-refractivity contribution is 7.99. The lowest BCUT2D eigenvalue weighted by Crippen LogP contribution is -2.13. The Morgan fingerprint density at radius 2 is 2.38 bits per heavy atom. The van der Waals surface area contributed by atoms with Crippen LogP contribution in [0.5, 0.6) is 0 Å². The Morgan fingerprint density at radius 3 is 3.00 bits per heavy atom. The third-order valence-corrected chi connectivity index (χ3v) is 2.73. The topological polar surface area (TPSA) is 37.8 Å². The zero-order valence-corrected chi connectivity index (χ0v) is 9.19. The van der Waals surface area contributed by atoms with Crippen LogP contribution < -0.4 is 5.32 Å². The SMILES string of the molecule is CSC(C)CNc1cncc(Cl)n1. The predicted molar refractivity (Wildman–Crippen MR) is 58.5 cm³/mol. The molecule has 1 unspecified atom stereocenters. The first-order valence-electron chi connectivity index (χ1n) is 3.96. The maximum absolute atomic E-state index is 5.68. The number of anilines is 1. The van der Waals surface area contributed by atoms with Crippen molar-refractivity contribution in [3.05, 3.63) is 17.5 Å². The van der Waals surface area contributed by atoms with Crippen LogP contribution in [0.3, 0.4) is 0 Å². The van der Waals surface area contributed by atoms with E-state index in [4.69, 9.17) is 11.6 Å². The van der Waals surface area contributed by atoms with Crippen molar-refractivity contribution in [3.63, 3.8) is 0 Å². The molecule has 72 valence electrons. The van der Waals surface area contributed by atoms with E-state index in [1.54, 1.807) is 18.0 Å². The van der Waals surface area contributed by atoms with Gasteiger partial charge in [-0.25, -0.2) is 4.98 Å². The van der Waals surface area contributed by atoms with Gasteiger partial charge in [0.15, 0.2) is 0 Å². The van der Waals surface area contributed by atoms with Gasteiger partial charge in [0, 0.05) is 11.8 Å². The number of rotatable bonds is 4. The van der Waals surface area contributed by atoms with Gasteiger partial charge in [-0.05, 0) is 6.26 Å². The number of hydrogen-bond acceptors (Lipinski definition) is 4. The number of nitrogens with zero attached hydrogens (tertiary/aromatic N) is 2. The molecule has 1 rings (SSSR count). The van der Waals surface area contributed by atoms with Crippen LogP contribution in [0.25, 0.3) is 0 Å². The fourth-order valence-electron chi connectivity index (χ4n) is 0.759. The van der Waals surface area contributed by atoms with Gasteiger partial charge in [0.2, 0.25) is 0 Å². The van der Waals surface area contributed by atoms with Crippen LogP contribution in [0.15, 0.2) is 12.4 Å². The Hall–Kier alpha value is -0.480. The molecule has 3 nitrogen and oxygen atoms in total. The molecule has 0 aliphatic carbocycles. The van der Waals surface area contributed by atoms with Gasteiger partial charge in [-0.3, -0.25) is 4.98 Å². The summed E-state index contributed by atoms with van der Waals surface area (Å²) in [5.74, 6) is 0.730. The summed E-state index contributed by atoms with van der Waals surface area (Å²) in [7, 11) is 0. The van der Waals surface area contributed by atoms with Crippen LogP contribution >= 0.6 is 23.4 Å². The van der Waals surface area contributed by atoms with E-state index < -0.39 is 0 Å². The molecule has 0 aliphatic heterocycles. The van der Waals surface area contributed by atoms with Crippen molar-refractivity contribution in [2.45, 2.75) is 12.2 Å². The van der Waals surface area contributed by atoms with Gasteiger partial charge in [-0.1, -0.05) is 18.5 Å². The smallest absolute Gasteiger partial charge is 0.149 e. The number of hydrogen-bond donors (Lipinski definition) is 1. The van der Waals surface area contributed by atoms with Crippen LogP contribution in [-0.2, 0) is 0 Å². The first-order chi connectivity index (χ1) is 6.22. The molecule has 1 N–H and O–H groups in total. The minimum atomic E-state index is 0.418. The predicted octanol–water partition coefficient (Wildman–Crippen LogP) is 2.29. The highest BCUT2D eigenvalue weighted by Gasteiger charge is 2.00. The molecule has 0 spiro atoms. The molecule has 0 saturated carbocycles. The summed E-state index contributed by atoms with van der Waals surface area (Å²) in [4.78, 5) is 7.99. The summed E-state index contributed by atoms with van der Waals surface area (Å²) in [5.41, 5.74) is 0. The second-order valence-corrected chi connectivity index (χ2v) is 4.32. The molecule has 1 heterocycles. The minimum Gasteiger partial charge on any atom is -0.368 e. The summed E-state index contributed by atoms with van der Waals surface area (Å²) >= 11 is 7.48. The summed E-state index contributed by atoms with van der Waals surface area (Å²) in [6.07, 6.45) is 5.26. The van der Waals surface area contributed by atoms with E-state index in [1.807, 2.05) is 0 Å². The van der Waals surface area contributed by atoms with Crippen molar-refractivity contribution >= 4 is 29.2 Å². The van der Waals surface area contributed by atoms with Gasteiger partial charge in [-0.2, -0.15) is 11.8 Å². The zero-order chi connectivity index (χ0) is 9.68. The lowest BCUT2D eigenvalue weighted by molar-refractivity contribution is 0.986. The number of thioether (sulfide) groups is 1. The van der Waals surface area contributed by atoms with E-state index in [-0.39, 0.29) is 0 Å². The van der Waals surface area contributed by atoms with Gasteiger partial charge in [-0.15, -0.1) is 0 Å². The zero-order valence-electron chi connectivity index (χ0n) is 7.62. The maximum atomic E-state index is 5.68. The lowest BCUT2D eigenvalue weighted by atomic mass is 10.4. The molecule has 0 bridgehead atoms. The molecule has 0 amide bonds. The van der Waals surface area contributed by atoms with Crippen molar-refractivity contribution in [1.29, 1.82) is 0 Å². The van der Waals surface area contributed by atoms with Crippen LogP contribution in [0.4, 0.5) is 5.82 Å². The second-order valence-electron chi connectivity index (χ2n) is 2.65. The fraction of sp³-hybridized carbons (Fsp3) is 0.500. The average molecular weight is 218 g/mol. The fourth-order valence-corrected chi connectivity index (χ4v) is 1.16. The molecular formula is C8H12ClN3S. The Balaban J connectivity index is 2.45. The summed E-state index contributed by atoms with van der Waals surface area (Å²) in [5, 5.41) is 4.13. The van der Waals surface area contributed by atoms with E-state index in [0.29, 0.717) is 10.4 Å². The Bertz CT molecular complexity index is 269. The Labute approximate surface area is 87.3 Å². The summed E-state index contributed by atoms with van der Waals surface area (Å²) in [6.45, 7) is 3.02. The molecule has 1 aromatic heterocycles. The molecule has 5 heteroatoms. The van der Waals surface area contributed by atoms with Gasteiger partial charge in [0.1, 0.15) is 11.0 Å². The molecule has 0 aliphatic rings.